The number of benzene rings is 2. The number of carbonyl (C=O) groups is 1. The first-order valence-corrected chi connectivity index (χ1v) is 6.93. The Morgan fingerprint density at radius 1 is 1.38 bits per heavy atom. The highest BCUT2D eigenvalue weighted by Crippen LogP contribution is 2.22. The van der Waals surface area contributed by atoms with E-state index in [9.17, 15) is 9.82 Å². The van der Waals surface area contributed by atoms with Gasteiger partial charge in [-0.25, -0.2) is 0 Å². The van der Waals surface area contributed by atoms with Crippen LogP contribution in [0.3, 0.4) is 0 Å². The zero-order valence-electron chi connectivity index (χ0n) is 11.4. The van der Waals surface area contributed by atoms with E-state index < -0.39 is 7.12 Å². The molecule has 0 aromatic heterocycles. The van der Waals surface area contributed by atoms with Gasteiger partial charge in [-0.15, -0.1) is 0 Å². The number of halogens is 1. The number of para-hydroxylation sites is 1. The van der Waals surface area contributed by atoms with Gasteiger partial charge in [0, 0.05) is 5.69 Å². The molecule has 2 aromatic rings. The largest absolute Gasteiger partial charge is 0.491 e. The second-order valence-electron chi connectivity index (χ2n) is 4.96. The van der Waals surface area contributed by atoms with E-state index in [0.717, 1.165) is 16.8 Å². The van der Waals surface area contributed by atoms with Gasteiger partial charge in [0.05, 0.1) is 17.2 Å². The average molecular weight is 302 g/mol. The van der Waals surface area contributed by atoms with Gasteiger partial charge in [0.15, 0.2) is 0 Å². The lowest BCUT2D eigenvalue weighted by Gasteiger charge is -2.10. The molecule has 0 saturated heterocycles. The Labute approximate surface area is 127 Å². The first-order chi connectivity index (χ1) is 10.1. The van der Waals surface area contributed by atoms with Crippen LogP contribution in [0.1, 0.15) is 21.5 Å². The number of hydrogen-bond donors (Lipinski definition) is 2. The minimum atomic E-state index is -0.998. The van der Waals surface area contributed by atoms with E-state index in [2.05, 4.69) is 5.32 Å². The molecule has 1 aliphatic rings. The van der Waals surface area contributed by atoms with Gasteiger partial charge in [-0.3, -0.25) is 4.79 Å². The number of fused-ring (bicyclic) bond motifs is 1. The summed E-state index contributed by atoms with van der Waals surface area (Å²) in [6.07, 6.45) is 0. The molecule has 1 amide bonds. The summed E-state index contributed by atoms with van der Waals surface area (Å²) in [5.74, 6) is -0.309. The molecule has 0 aliphatic carbocycles. The molecule has 1 heterocycles. The first-order valence-electron chi connectivity index (χ1n) is 6.55. The van der Waals surface area contributed by atoms with Crippen molar-refractivity contribution in [1.29, 1.82) is 0 Å². The van der Waals surface area contributed by atoms with Crippen molar-refractivity contribution in [3.63, 3.8) is 0 Å². The van der Waals surface area contributed by atoms with Crippen molar-refractivity contribution in [3.05, 3.63) is 58.1 Å². The van der Waals surface area contributed by atoms with E-state index in [0.29, 0.717) is 22.7 Å². The molecule has 0 fully saturated rings. The fourth-order valence-corrected chi connectivity index (χ4v) is 2.59. The number of nitrogens with one attached hydrogen (secondary N) is 1. The predicted molar refractivity (Wildman–Crippen MR) is 83.0 cm³/mol. The maximum absolute atomic E-state index is 12.4. The van der Waals surface area contributed by atoms with Crippen molar-refractivity contribution in [2.75, 3.05) is 5.32 Å². The second-order valence-corrected chi connectivity index (χ2v) is 5.37. The van der Waals surface area contributed by atoms with Crippen molar-refractivity contribution in [1.82, 2.24) is 0 Å². The van der Waals surface area contributed by atoms with Crippen molar-refractivity contribution in [2.45, 2.75) is 13.5 Å². The average Bonchev–Trinajstić information content (AvgIpc) is 2.81. The summed E-state index contributed by atoms with van der Waals surface area (Å²) >= 11 is 6.16. The minimum absolute atomic E-state index is 0.302. The minimum Gasteiger partial charge on any atom is -0.423 e. The number of rotatable bonds is 2. The van der Waals surface area contributed by atoms with Gasteiger partial charge in [-0.2, -0.15) is 0 Å². The maximum atomic E-state index is 12.4. The molecule has 0 saturated carbocycles. The zero-order chi connectivity index (χ0) is 15.0. The summed E-state index contributed by atoms with van der Waals surface area (Å²) in [6.45, 7) is 2.22. The molecule has 3 rings (SSSR count). The van der Waals surface area contributed by atoms with Crippen LogP contribution in [0.2, 0.25) is 5.02 Å². The van der Waals surface area contributed by atoms with Gasteiger partial charge in [-0.1, -0.05) is 29.8 Å². The Kier molecular flexibility index (Phi) is 3.72. The fraction of sp³-hybridized carbons (Fsp3) is 0.133. The summed E-state index contributed by atoms with van der Waals surface area (Å²) in [5.41, 5.74) is 3.42. The zero-order valence-corrected chi connectivity index (χ0v) is 12.1. The predicted octanol–water partition coefficient (Wildman–Crippen LogP) is 2.12. The fourth-order valence-electron chi connectivity index (χ4n) is 2.32. The molecule has 1 aliphatic heterocycles. The number of anilines is 1. The van der Waals surface area contributed by atoms with Crippen molar-refractivity contribution in [3.8, 4) is 0 Å². The molecule has 0 unspecified atom stereocenters. The molecule has 6 heteroatoms. The summed E-state index contributed by atoms with van der Waals surface area (Å²) in [4.78, 5) is 12.4. The van der Waals surface area contributed by atoms with Gasteiger partial charge in [0.2, 0.25) is 0 Å². The second kappa shape index (κ2) is 5.52. The van der Waals surface area contributed by atoms with Crippen LogP contribution in [0, 0.1) is 6.92 Å². The Hall–Kier alpha value is -1.82. The summed E-state index contributed by atoms with van der Waals surface area (Å²) in [7, 11) is -0.998. The summed E-state index contributed by atoms with van der Waals surface area (Å²) in [6, 6.07) is 10.7. The maximum Gasteiger partial charge on any atom is 0.491 e. The highest BCUT2D eigenvalue weighted by atomic mass is 35.5. The lowest BCUT2D eigenvalue weighted by Crippen LogP contribution is -2.29. The standard InChI is InChI=1S/C15H13BClNO3/c1-9-4-2-3-5-14(9)18-15(19)11-7-12-10(6-13(11)17)8-21-16(12)20/h2-7,20H,8H2,1H3,(H,18,19). The van der Waals surface area contributed by atoms with E-state index in [1.807, 2.05) is 31.2 Å². The van der Waals surface area contributed by atoms with E-state index in [-0.39, 0.29) is 5.91 Å². The molecule has 0 radical (unpaired) electrons. The SMILES string of the molecule is Cc1ccccc1NC(=O)c1cc2c(cc1Cl)COB2O. The monoisotopic (exact) mass is 301 g/mol. The van der Waals surface area contributed by atoms with Crippen molar-refractivity contribution < 1.29 is 14.5 Å². The normalized spacial score (nSPS) is 13.2. The van der Waals surface area contributed by atoms with Gasteiger partial charge in [-0.05, 0) is 41.7 Å². The lowest BCUT2D eigenvalue weighted by molar-refractivity contribution is 0.102. The van der Waals surface area contributed by atoms with E-state index in [4.69, 9.17) is 16.3 Å². The lowest BCUT2D eigenvalue weighted by atomic mass is 9.78. The smallest absolute Gasteiger partial charge is 0.423 e. The Morgan fingerprint density at radius 2 is 2.14 bits per heavy atom. The third-order valence-corrected chi connectivity index (χ3v) is 3.84. The molecule has 4 nitrogen and oxygen atoms in total. The van der Waals surface area contributed by atoms with Crippen molar-refractivity contribution >= 4 is 35.8 Å². The Bertz CT molecular complexity index is 720. The summed E-state index contributed by atoms with van der Waals surface area (Å²) < 4.78 is 5.12. The number of carbonyl (C=O) groups excluding carboxylic acids is 1. The number of amides is 1. The first kappa shape index (κ1) is 14.1. The molecular weight excluding hydrogens is 288 g/mol. The van der Waals surface area contributed by atoms with Crippen LogP contribution in [0.4, 0.5) is 5.69 Å². The van der Waals surface area contributed by atoms with Crippen LogP contribution in [-0.2, 0) is 11.3 Å². The quantitative estimate of drug-likeness (QED) is 0.835. The van der Waals surface area contributed by atoms with Crippen LogP contribution in [0.25, 0.3) is 0 Å². The van der Waals surface area contributed by atoms with Crippen LogP contribution in [0.15, 0.2) is 36.4 Å². The van der Waals surface area contributed by atoms with Gasteiger partial charge in [0.1, 0.15) is 0 Å². The molecule has 0 spiro atoms. The molecule has 21 heavy (non-hydrogen) atoms. The van der Waals surface area contributed by atoms with E-state index >= 15 is 0 Å². The topological polar surface area (TPSA) is 58.6 Å². The van der Waals surface area contributed by atoms with Crippen LogP contribution in [-0.4, -0.2) is 18.0 Å². The van der Waals surface area contributed by atoms with Gasteiger partial charge in [0.25, 0.3) is 5.91 Å². The van der Waals surface area contributed by atoms with E-state index in [1.165, 1.54) is 0 Å². The number of hydrogen-bond acceptors (Lipinski definition) is 3. The molecule has 2 N–H and O–H groups in total. The van der Waals surface area contributed by atoms with E-state index in [1.54, 1.807) is 12.1 Å². The third-order valence-electron chi connectivity index (χ3n) is 3.53. The summed E-state index contributed by atoms with van der Waals surface area (Å²) in [5, 5.41) is 12.9. The highest BCUT2D eigenvalue weighted by Gasteiger charge is 2.29. The Morgan fingerprint density at radius 3 is 2.90 bits per heavy atom. The number of aryl methyl sites for hydroxylation is 1. The molecule has 2 aromatic carbocycles. The molecular formula is C15H13BClNO3. The highest BCUT2D eigenvalue weighted by molar-refractivity contribution is 6.61. The van der Waals surface area contributed by atoms with Crippen molar-refractivity contribution in [2.24, 2.45) is 0 Å². The van der Waals surface area contributed by atoms with Crippen LogP contribution >= 0.6 is 11.6 Å². The van der Waals surface area contributed by atoms with Crippen LogP contribution in [0.5, 0.6) is 0 Å². The molecule has 0 atom stereocenters. The van der Waals surface area contributed by atoms with Gasteiger partial charge < -0.3 is 15.0 Å². The Balaban J connectivity index is 1.92. The molecule has 0 bridgehead atoms. The van der Waals surface area contributed by atoms with Crippen LogP contribution < -0.4 is 10.8 Å². The third kappa shape index (κ3) is 2.68. The molecule has 106 valence electrons. The van der Waals surface area contributed by atoms with Gasteiger partial charge >= 0.3 is 7.12 Å².